The molecule has 13 heavy (non-hydrogen) atoms. The van der Waals surface area contributed by atoms with Crippen LogP contribution in [0, 0.1) is 0 Å². The summed E-state index contributed by atoms with van der Waals surface area (Å²) in [7, 11) is 0. The molecule has 4 heteroatoms. The van der Waals surface area contributed by atoms with Gasteiger partial charge in [-0.2, -0.15) is 0 Å². The number of rotatable bonds is 7. The zero-order valence-electron chi connectivity index (χ0n) is 8.38. The van der Waals surface area contributed by atoms with Gasteiger partial charge in [-0.15, -0.1) is 0 Å². The van der Waals surface area contributed by atoms with Gasteiger partial charge in [0, 0.05) is 12.6 Å². The maximum Gasteiger partial charge on any atom is 0.312 e. The zero-order chi connectivity index (χ0) is 10.1. The summed E-state index contributed by atoms with van der Waals surface area (Å²) in [4.78, 5) is 10.3. The second-order valence-corrected chi connectivity index (χ2v) is 3.34. The van der Waals surface area contributed by atoms with Crippen molar-refractivity contribution in [2.75, 3.05) is 6.54 Å². The first-order valence-electron chi connectivity index (χ1n) is 4.95. The first kappa shape index (κ1) is 12.2. The number of hydrogen-bond donors (Lipinski definition) is 3. The Labute approximate surface area is 80.0 Å². The summed E-state index contributed by atoms with van der Waals surface area (Å²) in [5, 5.41) is 2.54. The molecular formula is C9H21N3O. The van der Waals surface area contributed by atoms with Crippen LogP contribution in [-0.4, -0.2) is 18.6 Å². The number of nitrogens with two attached hydrogens (primary N) is 2. The van der Waals surface area contributed by atoms with E-state index in [4.69, 9.17) is 11.5 Å². The average molecular weight is 187 g/mol. The minimum absolute atomic E-state index is 0.273. The lowest BCUT2D eigenvalue weighted by atomic mass is 10.1. The molecule has 0 heterocycles. The highest BCUT2D eigenvalue weighted by atomic mass is 16.2. The van der Waals surface area contributed by atoms with Crippen LogP contribution in [0.3, 0.4) is 0 Å². The fourth-order valence-electron chi connectivity index (χ4n) is 1.19. The number of unbranched alkanes of at least 4 members (excludes halogenated alkanes) is 1. The molecule has 0 aliphatic carbocycles. The molecule has 2 amide bonds. The zero-order valence-corrected chi connectivity index (χ0v) is 8.38. The molecule has 0 aliphatic heterocycles. The van der Waals surface area contributed by atoms with Crippen LogP contribution < -0.4 is 16.8 Å². The fraction of sp³-hybridized carbons (Fsp3) is 0.889. The Morgan fingerprint density at radius 2 is 2.00 bits per heavy atom. The van der Waals surface area contributed by atoms with Gasteiger partial charge in [0.05, 0.1) is 0 Å². The monoisotopic (exact) mass is 187 g/mol. The highest BCUT2D eigenvalue weighted by Gasteiger charge is 2.01. The summed E-state index contributed by atoms with van der Waals surface area (Å²) in [6.45, 7) is 2.79. The van der Waals surface area contributed by atoms with Gasteiger partial charge in [0.1, 0.15) is 0 Å². The van der Waals surface area contributed by atoms with Crippen molar-refractivity contribution >= 4 is 6.03 Å². The Bertz CT molecular complexity index is 139. The Hall–Kier alpha value is -0.770. The van der Waals surface area contributed by atoms with Crippen molar-refractivity contribution < 1.29 is 4.79 Å². The van der Waals surface area contributed by atoms with Gasteiger partial charge in [0.15, 0.2) is 0 Å². The molecule has 0 fully saturated rings. The second kappa shape index (κ2) is 7.86. The van der Waals surface area contributed by atoms with Crippen LogP contribution in [0.4, 0.5) is 4.79 Å². The van der Waals surface area contributed by atoms with Crippen LogP contribution in [0.1, 0.15) is 39.0 Å². The van der Waals surface area contributed by atoms with E-state index in [0.717, 1.165) is 19.3 Å². The van der Waals surface area contributed by atoms with E-state index in [9.17, 15) is 4.79 Å². The molecule has 0 aliphatic rings. The molecule has 0 bridgehead atoms. The van der Waals surface area contributed by atoms with Gasteiger partial charge >= 0.3 is 6.03 Å². The summed E-state index contributed by atoms with van der Waals surface area (Å²) >= 11 is 0. The smallest absolute Gasteiger partial charge is 0.312 e. The minimum atomic E-state index is -0.456. The van der Waals surface area contributed by atoms with E-state index in [1.54, 1.807) is 0 Å². The summed E-state index contributed by atoms with van der Waals surface area (Å²) in [5.41, 5.74) is 10.7. The highest BCUT2D eigenvalue weighted by Crippen LogP contribution is 2.03. The van der Waals surface area contributed by atoms with Crippen LogP contribution in [0.2, 0.25) is 0 Å². The average Bonchev–Trinajstić information content (AvgIpc) is 2.08. The van der Waals surface area contributed by atoms with Crippen LogP contribution in [-0.2, 0) is 0 Å². The number of nitrogens with one attached hydrogen (secondary N) is 1. The van der Waals surface area contributed by atoms with Gasteiger partial charge in [0.2, 0.25) is 0 Å². The van der Waals surface area contributed by atoms with E-state index in [1.807, 2.05) is 0 Å². The maximum absolute atomic E-state index is 10.3. The van der Waals surface area contributed by atoms with E-state index < -0.39 is 6.03 Å². The molecule has 5 N–H and O–H groups in total. The standard InChI is InChI=1S/C9H21N3O/c1-2-3-5-8(10)6-4-7-12-9(11)13/h8H,2-7,10H2,1H3,(H3,11,12,13). The number of carbonyl (C=O) groups excluding carboxylic acids is 1. The third-order valence-electron chi connectivity index (χ3n) is 1.98. The Morgan fingerprint density at radius 1 is 1.38 bits per heavy atom. The molecule has 0 saturated carbocycles. The van der Waals surface area contributed by atoms with Gasteiger partial charge in [-0.3, -0.25) is 0 Å². The van der Waals surface area contributed by atoms with E-state index in [0.29, 0.717) is 6.54 Å². The fourth-order valence-corrected chi connectivity index (χ4v) is 1.19. The van der Waals surface area contributed by atoms with Crippen molar-refractivity contribution in [3.05, 3.63) is 0 Å². The van der Waals surface area contributed by atoms with Gasteiger partial charge in [-0.1, -0.05) is 19.8 Å². The molecule has 0 aromatic rings. The largest absolute Gasteiger partial charge is 0.352 e. The summed E-state index contributed by atoms with van der Waals surface area (Å²) in [6, 6.07) is -0.184. The Balaban J connectivity index is 3.16. The quantitative estimate of drug-likeness (QED) is 0.519. The maximum atomic E-state index is 10.3. The minimum Gasteiger partial charge on any atom is -0.352 e. The number of carbonyl (C=O) groups is 1. The normalized spacial score (nSPS) is 12.5. The van der Waals surface area contributed by atoms with Crippen LogP contribution in [0.5, 0.6) is 0 Å². The summed E-state index contributed by atoms with van der Waals surface area (Å²) < 4.78 is 0. The second-order valence-electron chi connectivity index (χ2n) is 3.34. The molecular weight excluding hydrogens is 166 g/mol. The molecule has 0 spiro atoms. The Kier molecular flexibility index (Phi) is 7.39. The van der Waals surface area contributed by atoms with E-state index in [2.05, 4.69) is 12.2 Å². The lowest BCUT2D eigenvalue weighted by Crippen LogP contribution is -2.31. The molecule has 0 aromatic heterocycles. The molecule has 78 valence electrons. The molecule has 1 unspecified atom stereocenters. The van der Waals surface area contributed by atoms with Crippen molar-refractivity contribution in [3.63, 3.8) is 0 Å². The first-order chi connectivity index (χ1) is 6.16. The van der Waals surface area contributed by atoms with Gasteiger partial charge in [-0.25, -0.2) is 4.79 Å². The van der Waals surface area contributed by atoms with Crippen molar-refractivity contribution in [1.82, 2.24) is 5.32 Å². The summed E-state index contributed by atoms with van der Waals surface area (Å²) in [6.07, 6.45) is 5.32. The lowest BCUT2D eigenvalue weighted by molar-refractivity contribution is 0.248. The van der Waals surface area contributed by atoms with Crippen molar-refractivity contribution in [2.45, 2.75) is 45.1 Å². The topological polar surface area (TPSA) is 81.1 Å². The van der Waals surface area contributed by atoms with Crippen molar-refractivity contribution in [1.29, 1.82) is 0 Å². The predicted octanol–water partition coefficient (Wildman–Crippen LogP) is 0.952. The third kappa shape index (κ3) is 9.14. The first-order valence-corrected chi connectivity index (χ1v) is 4.95. The molecule has 0 saturated heterocycles. The van der Waals surface area contributed by atoms with E-state index in [-0.39, 0.29) is 6.04 Å². The predicted molar refractivity (Wildman–Crippen MR) is 54.3 cm³/mol. The number of urea groups is 1. The molecule has 0 aromatic carbocycles. The van der Waals surface area contributed by atoms with Crippen LogP contribution in [0.15, 0.2) is 0 Å². The highest BCUT2D eigenvalue weighted by molar-refractivity contribution is 5.71. The summed E-state index contributed by atoms with van der Waals surface area (Å²) in [5.74, 6) is 0. The van der Waals surface area contributed by atoms with Crippen LogP contribution >= 0.6 is 0 Å². The number of hydrogen-bond acceptors (Lipinski definition) is 2. The molecule has 4 nitrogen and oxygen atoms in total. The van der Waals surface area contributed by atoms with Gasteiger partial charge in [-0.05, 0) is 19.3 Å². The number of amides is 2. The third-order valence-corrected chi connectivity index (χ3v) is 1.98. The van der Waals surface area contributed by atoms with Crippen LogP contribution in [0.25, 0.3) is 0 Å². The molecule has 0 rings (SSSR count). The lowest BCUT2D eigenvalue weighted by Gasteiger charge is -2.10. The number of primary amides is 1. The van der Waals surface area contributed by atoms with E-state index >= 15 is 0 Å². The Morgan fingerprint density at radius 3 is 2.54 bits per heavy atom. The molecule has 1 atom stereocenters. The van der Waals surface area contributed by atoms with Crippen molar-refractivity contribution in [3.8, 4) is 0 Å². The SMILES string of the molecule is CCCCC(N)CCCNC(N)=O. The van der Waals surface area contributed by atoms with Gasteiger partial charge < -0.3 is 16.8 Å². The molecule has 0 radical (unpaired) electrons. The van der Waals surface area contributed by atoms with Gasteiger partial charge in [0.25, 0.3) is 0 Å². The van der Waals surface area contributed by atoms with E-state index in [1.165, 1.54) is 12.8 Å². The van der Waals surface area contributed by atoms with Crippen molar-refractivity contribution in [2.24, 2.45) is 11.5 Å².